The molecule has 2 rings (SSSR count). The molecule has 2 aliphatic rings. The van der Waals surface area contributed by atoms with Crippen LogP contribution in [-0.4, -0.2) is 72.7 Å². The zero-order chi connectivity index (χ0) is 24.2. The smallest absolute Gasteiger partial charge is 0.303 e. The minimum atomic E-state index is -1.06. The van der Waals surface area contributed by atoms with E-state index in [4.69, 9.17) is 28.4 Å². The van der Waals surface area contributed by atoms with Gasteiger partial charge in [0, 0.05) is 38.5 Å². The number of rotatable bonds is 7. The van der Waals surface area contributed by atoms with Gasteiger partial charge in [-0.05, 0) is 6.42 Å². The Morgan fingerprint density at radius 1 is 0.719 bits per heavy atom. The van der Waals surface area contributed by atoms with Gasteiger partial charge in [0.05, 0.1) is 12.7 Å². The van der Waals surface area contributed by atoms with Crippen molar-refractivity contribution < 1.29 is 47.9 Å². The fourth-order valence-electron chi connectivity index (χ4n) is 4.37. The lowest BCUT2D eigenvalue weighted by molar-refractivity contribution is -0.360. The van der Waals surface area contributed by atoms with Crippen LogP contribution in [0.5, 0.6) is 0 Å². The monoisotopic (exact) mass is 460 g/mol. The van der Waals surface area contributed by atoms with Crippen LogP contribution >= 0.6 is 0 Å². The van der Waals surface area contributed by atoms with Crippen LogP contribution in [0, 0.1) is 17.8 Å². The third-order valence-corrected chi connectivity index (χ3v) is 6.21. The molecule has 32 heavy (non-hydrogen) atoms. The van der Waals surface area contributed by atoms with E-state index in [1.165, 1.54) is 20.8 Å². The highest BCUT2D eigenvalue weighted by Gasteiger charge is 2.51. The molecule has 0 aromatic carbocycles. The second-order valence-corrected chi connectivity index (χ2v) is 8.61. The summed E-state index contributed by atoms with van der Waals surface area (Å²) >= 11 is 0. The number of carbonyl (C=O) groups is 3. The van der Waals surface area contributed by atoms with Crippen LogP contribution in [0.15, 0.2) is 0 Å². The Labute approximate surface area is 188 Å². The molecule has 0 aliphatic carbocycles. The summed E-state index contributed by atoms with van der Waals surface area (Å²) in [5.41, 5.74) is 0. The van der Waals surface area contributed by atoms with E-state index in [0.29, 0.717) is 6.42 Å². The lowest BCUT2D eigenvalue weighted by Crippen LogP contribution is -2.60. The Morgan fingerprint density at radius 3 is 1.72 bits per heavy atom. The molecule has 0 aromatic heterocycles. The molecule has 184 valence electrons. The van der Waals surface area contributed by atoms with Gasteiger partial charge in [-0.25, -0.2) is 0 Å². The van der Waals surface area contributed by atoms with E-state index in [9.17, 15) is 19.5 Å². The fraction of sp³-hybridized carbons (Fsp3) is 0.864. The highest BCUT2D eigenvalue weighted by Crippen LogP contribution is 2.38. The number of aliphatic hydroxyl groups is 1. The highest BCUT2D eigenvalue weighted by molar-refractivity contribution is 5.67. The maximum atomic E-state index is 11.8. The van der Waals surface area contributed by atoms with Gasteiger partial charge in [-0.15, -0.1) is 0 Å². The number of hydrogen-bond donors (Lipinski definition) is 1. The zero-order valence-corrected chi connectivity index (χ0v) is 19.8. The topological polar surface area (TPSA) is 127 Å². The molecule has 2 heterocycles. The summed E-state index contributed by atoms with van der Waals surface area (Å²) in [4.78, 5) is 35.0. The standard InChI is InChI=1S/C22H36O10/c1-8-16-12(4)19(28-14(6)25)20(29-15(7)26)22(30-16)32-21-11(3)10(2)18(27-13(5)24)17(9-23)31-21/h10-12,16-23H,8-9H2,1-7H3/t10-,11-,12-,16-,17-,18?,19+,20-,21-,22-/m1/s1. The van der Waals surface area contributed by atoms with Gasteiger partial charge in [0.1, 0.15) is 18.3 Å². The van der Waals surface area contributed by atoms with Crippen molar-refractivity contribution in [3.05, 3.63) is 0 Å². The van der Waals surface area contributed by atoms with Crippen molar-refractivity contribution in [2.75, 3.05) is 6.61 Å². The summed E-state index contributed by atoms with van der Waals surface area (Å²) in [5, 5.41) is 9.80. The lowest BCUT2D eigenvalue weighted by Gasteiger charge is -2.48. The second kappa shape index (κ2) is 11.4. The Bertz CT molecular complexity index is 665. The van der Waals surface area contributed by atoms with Gasteiger partial charge in [0.15, 0.2) is 12.4 Å². The number of esters is 3. The lowest BCUT2D eigenvalue weighted by atomic mass is 9.84. The molecular weight excluding hydrogens is 424 g/mol. The Kier molecular flexibility index (Phi) is 9.44. The Morgan fingerprint density at radius 2 is 1.22 bits per heavy atom. The minimum Gasteiger partial charge on any atom is -0.459 e. The van der Waals surface area contributed by atoms with Crippen LogP contribution < -0.4 is 0 Å². The van der Waals surface area contributed by atoms with Gasteiger partial charge in [0.25, 0.3) is 0 Å². The van der Waals surface area contributed by atoms with E-state index in [0.717, 1.165) is 0 Å². The summed E-state index contributed by atoms with van der Waals surface area (Å²) < 4.78 is 34.5. The molecule has 2 aliphatic heterocycles. The molecule has 0 spiro atoms. The van der Waals surface area contributed by atoms with Gasteiger partial charge >= 0.3 is 17.9 Å². The Hall–Kier alpha value is -1.75. The molecule has 2 saturated heterocycles. The van der Waals surface area contributed by atoms with Crippen molar-refractivity contribution in [1.82, 2.24) is 0 Å². The number of aliphatic hydroxyl groups excluding tert-OH is 1. The first-order chi connectivity index (χ1) is 15.0. The summed E-state index contributed by atoms with van der Waals surface area (Å²) in [6.45, 7) is 11.0. The summed E-state index contributed by atoms with van der Waals surface area (Å²) in [6, 6.07) is 0. The SMILES string of the molecule is CC[C@H]1O[C@H](O[C@H]2O[C@H](CO)C(OC(C)=O)[C@H](C)[C@H]2C)[C@H](OC(C)=O)[C@@H](OC(C)=O)[C@@H]1C. The van der Waals surface area contributed by atoms with Crippen molar-refractivity contribution >= 4 is 17.9 Å². The third-order valence-electron chi connectivity index (χ3n) is 6.21. The van der Waals surface area contributed by atoms with Crippen molar-refractivity contribution in [1.29, 1.82) is 0 Å². The van der Waals surface area contributed by atoms with E-state index >= 15 is 0 Å². The van der Waals surface area contributed by atoms with E-state index in [2.05, 4.69) is 0 Å². The molecule has 10 nitrogen and oxygen atoms in total. The molecule has 0 radical (unpaired) electrons. The molecule has 2 fully saturated rings. The van der Waals surface area contributed by atoms with E-state index in [-0.39, 0.29) is 30.5 Å². The predicted molar refractivity (Wildman–Crippen MR) is 110 cm³/mol. The quantitative estimate of drug-likeness (QED) is 0.442. The van der Waals surface area contributed by atoms with Crippen LogP contribution in [0.1, 0.15) is 54.9 Å². The van der Waals surface area contributed by atoms with Gasteiger partial charge in [-0.1, -0.05) is 27.7 Å². The highest BCUT2D eigenvalue weighted by atomic mass is 16.8. The molecule has 1 unspecified atom stereocenters. The van der Waals surface area contributed by atoms with Gasteiger partial charge in [-0.2, -0.15) is 0 Å². The maximum absolute atomic E-state index is 11.8. The molecule has 0 saturated carbocycles. The van der Waals surface area contributed by atoms with Crippen LogP contribution in [0.4, 0.5) is 0 Å². The summed E-state index contributed by atoms with van der Waals surface area (Å²) in [7, 11) is 0. The normalized spacial score (nSPS) is 39.8. The molecule has 0 bridgehead atoms. The van der Waals surface area contributed by atoms with Crippen molar-refractivity contribution in [3.63, 3.8) is 0 Å². The third kappa shape index (κ3) is 6.18. The molecule has 10 heteroatoms. The van der Waals surface area contributed by atoms with Crippen molar-refractivity contribution in [3.8, 4) is 0 Å². The minimum absolute atomic E-state index is 0.198. The van der Waals surface area contributed by atoms with Crippen LogP contribution in [0.3, 0.4) is 0 Å². The first-order valence-electron chi connectivity index (χ1n) is 11.1. The summed E-state index contributed by atoms with van der Waals surface area (Å²) in [5.74, 6) is -2.23. The maximum Gasteiger partial charge on any atom is 0.303 e. The second-order valence-electron chi connectivity index (χ2n) is 8.61. The molecule has 0 aromatic rings. The first-order valence-corrected chi connectivity index (χ1v) is 11.1. The molecule has 10 atom stereocenters. The largest absolute Gasteiger partial charge is 0.459 e. The molecule has 1 N–H and O–H groups in total. The first kappa shape index (κ1) is 26.5. The van der Waals surface area contributed by atoms with Gasteiger partial charge in [-0.3, -0.25) is 14.4 Å². The predicted octanol–water partition coefficient (Wildman–Crippen LogP) is 1.56. The average molecular weight is 461 g/mol. The fourth-order valence-corrected chi connectivity index (χ4v) is 4.37. The van der Waals surface area contributed by atoms with Gasteiger partial charge < -0.3 is 33.5 Å². The van der Waals surface area contributed by atoms with Crippen LogP contribution in [0.25, 0.3) is 0 Å². The van der Waals surface area contributed by atoms with Crippen molar-refractivity contribution in [2.24, 2.45) is 17.8 Å². The van der Waals surface area contributed by atoms with E-state index in [1.54, 1.807) is 0 Å². The zero-order valence-electron chi connectivity index (χ0n) is 19.8. The molecule has 0 amide bonds. The van der Waals surface area contributed by atoms with Gasteiger partial charge in [0.2, 0.25) is 6.29 Å². The van der Waals surface area contributed by atoms with E-state index in [1.807, 2.05) is 27.7 Å². The van der Waals surface area contributed by atoms with Crippen LogP contribution in [0.2, 0.25) is 0 Å². The Balaban J connectivity index is 2.28. The molecular formula is C22H36O10. The summed E-state index contributed by atoms with van der Waals surface area (Å²) in [6.07, 6.45) is -4.80. The van der Waals surface area contributed by atoms with Crippen LogP contribution in [-0.2, 0) is 42.8 Å². The average Bonchev–Trinajstić information content (AvgIpc) is 2.71. The van der Waals surface area contributed by atoms with Crippen molar-refractivity contribution in [2.45, 2.75) is 98.0 Å². The number of ether oxygens (including phenoxy) is 6. The number of carbonyl (C=O) groups excluding carboxylic acids is 3. The van der Waals surface area contributed by atoms with E-state index < -0.39 is 54.9 Å². The number of hydrogen-bond acceptors (Lipinski definition) is 10.